The third-order valence-corrected chi connectivity index (χ3v) is 4.56. The normalized spacial score (nSPS) is 11.8. The molecule has 0 saturated heterocycles. The van der Waals surface area contributed by atoms with Crippen LogP contribution in [0.25, 0.3) is 0 Å². The van der Waals surface area contributed by atoms with Gasteiger partial charge >= 0.3 is 0 Å². The molecule has 1 aromatic heterocycles. The number of aromatic nitrogens is 1. The van der Waals surface area contributed by atoms with E-state index in [1.54, 1.807) is 13.0 Å². The number of rotatable bonds is 4. The number of nitrogen functional groups attached to an aromatic ring is 1. The zero-order valence-corrected chi connectivity index (χ0v) is 12.8. The molecule has 0 aliphatic rings. The molecule has 2 rings (SSSR count). The number of hydrogen-bond acceptors (Lipinski definition) is 5. The Morgan fingerprint density at radius 3 is 2.75 bits per heavy atom. The molecule has 0 radical (unpaired) electrons. The van der Waals surface area contributed by atoms with Crippen LogP contribution in [0, 0.1) is 12.7 Å². The first-order chi connectivity index (χ1) is 9.29. The van der Waals surface area contributed by atoms with Crippen LogP contribution in [0.1, 0.15) is 11.5 Å². The van der Waals surface area contributed by atoms with Crippen LogP contribution in [0.4, 0.5) is 10.1 Å². The van der Waals surface area contributed by atoms with Crippen molar-refractivity contribution in [3.63, 3.8) is 0 Å². The van der Waals surface area contributed by atoms with E-state index in [0.29, 0.717) is 15.9 Å². The molecule has 0 fully saturated rings. The van der Waals surface area contributed by atoms with Gasteiger partial charge in [-0.05, 0) is 35.0 Å². The minimum atomic E-state index is -4.03. The topological polar surface area (TPSA) is 98.2 Å². The summed E-state index contributed by atoms with van der Waals surface area (Å²) in [7, 11) is -4.03. The van der Waals surface area contributed by atoms with Crippen LogP contribution in [-0.4, -0.2) is 13.6 Å². The van der Waals surface area contributed by atoms with E-state index in [9.17, 15) is 12.8 Å². The third-order valence-electron chi connectivity index (χ3n) is 2.46. The lowest BCUT2D eigenvalue weighted by atomic mass is 10.3. The van der Waals surface area contributed by atoms with Crippen molar-refractivity contribution in [3.8, 4) is 0 Å². The predicted molar refractivity (Wildman–Crippen MR) is 73.8 cm³/mol. The van der Waals surface area contributed by atoms with Gasteiger partial charge in [-0.1, -0.05) is 5.16 Å². The second kappa shape index (κ2) is 5.51. The van der Waals surface area contributed by atoms with Crippen LogP contribution in [-0.2, 0) is 16.6 Å². The van der Waals surface area contributed by atoms with Gasteiger partial charge in [0.15, 0.2) is 0 Å². The van der Waals surface area contributed by atoms with Gasteiger partial charge in [0.25, 0.3) is 0 Å². The maximum absolute atomic E-state index is 13.7. The van der Waals surface area contributed by atoms with Gasteiger partial charge in [0.1, 0.15) is 16.5 Å². The first-order valence-corrected chi connectivity index (χ1v) is 7.73. The predicted octanol–water partition coefficient (Wildman–Crippen LogP) is 1.95. The maximum Gasteiger partial charge on any atom is 0.243 e. The zero-order chi connectivity index (χ0) is 14.9. The Labute approximate surface area is 123 Å². The van der Waals surface area contributed by atoms with Gasteiger partial charge in [-0.2, -0.15) is 0 Å². The third kappa shape index (κ3) is 3.17. The van der Waals surface area contributed by atoms with Crippen molar-refractivity contribution < 1.29 is 17.3 Å². The first kappa shape index (κ1) is 14.9. The summed E-state index contributed by atoms with van der Waals surface area (Å²) in [6.45, 7) is 1.58. The van der Waals surface area contributed by atoms with E-state index in [0.717, 1.165) is 12.1 Å². The Balaban J connectivity index is 2.24. The van der Waals surface area contributed by atoms with Gasteiger partial charge < -0.3 is 10.3 Å². The van der Waals surface area contributed by atoms with Crippen molar-refractivity contribution in [2.24, 2.45) is 0 Å². The zero-order valence-electron chi connectivity index (χ0n) is 10.4. The highest BCUT2D eigenvalue weighted by Gasteiger charge is 2.21. The molecular weight excluding hydrogens is 353 g/mol. The van der Waals surface area contributed by atoms with Crippen LogP contribution < -0.4 is 10.5 Å². The van der Waals surface area contributed by atoms with Crippen LogP contribution >= 0.6 is 15.9 Å². The second-order valence-corrected chi connectivity index (χ2v) is 6.65. The lowest BCUT2D eigenvalue weighted by molar-refractivity contribution is 0.390. The van der Waals surface area contributed by atoms with Crippen molar-refractivity contribution in [2.45, 2.75) is 18.4 Å². The number of nitrogens with zero attached hydrogens (tertiary/aromatic N) is 1. The number of anilines is 1. The van der Waals surface area contributed by atoms with Gasteiger partial charge in [-0.15, -0.1) is 0 Å². The Hall–Kier alpha value is -1.45. The minimum absolute atomic E-state index is 0.102. The molecule has 0 amide bonds. The Morgan fingerprint density at radius 2 is 2.15 bits per heavy atom. The minimum Gasteiger partial charge on any atom is -0.398 e. The fourth-order valence-electron chi connectivity index (χ4n) is 1.50. The van der Waals surface area contributed by atoms with E-state index < -0.39 is 20.7 Å². The summed E-state index contributed by atoms with van der Waals surface area (Å²) in [5.41, 5.74) is 6.09. The molecule has 0 spiro atoms. The summed E-state index contributed by atoms with van der Waals surface area (Å²) in [6.07, 6.45) is 0. The second-order valence-electron chi connectivity index (χ2n) is 4.06. The molecule has 0 atom stereocenters. The van der Waals surface area contributed by atoms with Crippen LogP contribution in [0.3, 0.4) is 0 Å². The summed E-state index contributed by atoms with van der Waals surface area (Å²) >= 11 is 3.02. The molecule has 0 unspecified atom stereocenters. The molecule has 20 heavy (non-hydrogen) atoms. The fraction of sp³-hybridized carbons (Fsp3) is 0.182. The average Bonchev–Trinajstić information content (AvgIpc) is 2.77. The van der Waals surface area contributed by atoms with Crippen molar-refractivity contribution in [1.29, 1.82) is 0 Å². The van der Waals surface area contributed by atoms with E-state index in [4.69, 9.17) is 10.3 Å². The van der Waals surface area contributed by atoms with Gasteiger partial charge in [0.05, 0.1) is 12.2 Å². The quantitative estimate of drug-likeness (QED) is 0.808. The number of sulfonamides is 1. The molecule has 1 aromatic carbocycles. The van der Waals surface area contributed by atoms with Gasteiger partial charge in [-0.25, -0.2) is 17.5 Å². The van der Waals surface area contributed by atoms with Crippen LogP contribution in [0.2, 0.25) is 0 Å². The van der Waals surface area contributed by atoms with Crippen LogP contribution in [0.15, 0.2) is 32.1 Å². The van der Waals surface area contributed by atoms with E-state index in [-0.39, 0.29) is 12.2 Å². The number of hydrogen-bond donors (Lipinski definition) is 2. The molecule has 3 N–H and O–H groups in total. The monoisotopic (exact) mass is 363 g/mol. The highest BCUT2D eigenvalue weighted by molar-refractivity contribution is 9.10. The number of nitrogens with one attached hydrogen (secondary N) is 1. The van der Waals surface area contributed by atoms with Crippen LogP contribution in [0.5, 0.6) is 0 Å². The number of nitrogens with two attached hydrogens (primary N) is 1. The highest BCUT2D eigenvalue weighted by atomic mass is 79.9. The van der Waals surface area contributed by atoms with Crippen molar-refractivity contribution in [1.82, 2.24) is 9.88 Å². The molecule has 0 aliphatic carbocycles. The van der Waals surface area contributed by atoms with Crippen molar-refractivity contribution in [3.05, 3.63) is 39.9 Å². The number of halogens is 2. The van der Waals surface area contributed by atoms with Crippen molar-refractivity contribution >= 4 is 31.6 Å². The first-order valence-electron chi connectivity index (χ1n) is 5.46. The van der Waals surface area contributed by atoms with E-state index in [1.165, 1.54) is 0 Å². The lowest BCUT2D eigenvalue weighted by Gasteiger charge is -2.08. The molecule has 0 bridgehead atoms. The van der Waals surface area contributed by atoms with E-state index in [1.807, 2.05) is 0 Å². The Kier molecular flexibility index (Phi) is 4.11. The standard InChI is InChI=1S/C11H11BrFN3O3S/c1-6-2-7(16-19-6)5-15-20(17,18)11-4-10(14)8(12)3-9(11)13/h2-4,15H,5,14H2,1H3. The number of benzene rings is 1. The lowest BCUT2D eigenvalue weighted by Crippen LogP contribution is -2.24. The molecule has 1 heterocycles. The molecule has 2 aromatic rings. The maximum atomic E-state index is 13.7. The number of aryl methyl sites for hydroxylation is 1. The molecule has 6 nitrogen and oxygen atoms in total. The summed E-state index contributed by atoms with van der Waals surface area (Å²) in [6, 6.07) is 3.63. The SMILES string of the molecule is Cc1cc(CNS(=O)(=O)c2cc(N)c(Br)cc2F)no1. The van der Waals surface area contributed by atoms with Gasteiger partial charge in [-0.3, -0.25) is 0 Å². The summed E-state index contributed by atoms with van der Waals surface area (Å²) in [5, 5.41) is 3.64. The molecular formula is C11H11BrFN3O3S. The summed E-state index contributed by atoms with van der Waals surface area (Å²) < 4.78 is 45.1. The van der Waals surface area contributed by atoms with Gasteiger partial charge in [0, 0.05) is 16.2 Å². The Bertz CT molecular complexity index is 745. The van der Waals surface area contributed by atoms with E-state index >= 15 is 0 Å². The average molecular weight is 364 g/mol. The molecule has 0 aliphatic heterocycles. The molecule has 108 valence electrons. The summed E-state index contributed by atoms with van der Waals surface area (Å²) in [4.78, 5) is -0.515. The molecule has 9 heteroatoms. The molecule has 0 saturated carbocycles. The highest BCUT2D eigenvalue weighted by Crippen LogP contribution is 2.26. The van der Waals surface area contributed by atoms with Gasteiger partial charge in [0.2, 0.25) is 10.0 Å². The smallest absolute Gasteiger partial charge is 0.243 e. The van der Waals surface area contributed by atoms with Crippen molar-refractivity contribution in [2.75, 3.05) is 5.73 Å². The van der Waals surface area contributed by atoms with E-state index in [2.05, 4.69) is 25.8 Å². The largest absolute Gasteiger partial charge is 0.398 e. The summed E-state index contributed by atoms with van der Waals surface area (Å²) in [5.74, 6) is -0.340. The fourth-order valence-corrected chi connectivity index (χ4v) is 2.91. The Morgan fingerprint density at radius 1 is 1.45 bits per heavy atom.